The lowest BCUT2D eigenvalue weighted by Gasteiger charge is -2.13. The van der Waals surface area contributed by atoms with Crippen LogP contribution in [0, 0.1) is 0 Å². The zero-order chi connectivity index (χ0) is 8.27. The highest BCUT2D eigenvalue weighted by Gasteiger charge is 2.18. The molecule has 1 heterocycles. The Hall–Kier alpha value is -0.350. The molecule has 64 valence electrons. The van der Waals surface area contributed by atoms with Crippen molar-refractivity contribution in [1.29, 1.82) is 0 Å². The Kier molecular flexibility index (Phi) is 3.08. The first kappa shape index (κ1) is 8.74. The van der Waals surface area contributed by atoms with Crippen LogP contribution in [0.15, 0.2) is 0 Å². The Bertz CT molecular complexity index is 149. The van der Waals surface area contributed by atoms with Crippen LogP contribution < -0.4 is 10.6 Å². The molecule has 0 spiro atoms. The third-order valence-electron chi connectivity index (χ3n) is 1.95. The second kappa shape index (κ2) is 3.88. The van der Waals surface area contributed by atoms with E-state index in [1.807, 2.05) is 7.05 Å². The van der Waals surface area contributed by atoms with E-state index >= 15 is 0 Å². The van der Waals surface area contributed by atoms with Gasteiger partial charge in [0.1, 0.15) is 0 Å². The largest absolute Gasteiger partial charge is 0.366 e. The van der Waals surface area contributed by atoms with E-state index in [2.05, 4.69) is 22.6 Å². The normalized spacial score (nSPS) is 25.1. The molecule has 0 aromatic rings. The molecule has 1 fully saturated rings. The van der Waals surface area contributed by atoms with E-state index in [9.17, 15) is 0 Å². The number of thiocarbonyl (C=S) groups is 1. The minimum Gasteiger partial charge on any atom is -0.366 e. The first-order valence-electron chi connectivity index (χ1n) is 3.89. The van der Waals surface area contributed by atoms with E-state index in [1.54, 1.807) is 0 Å². The number of likely N-dealkylation sites (tertiary alicyclic amines) is 1. The average molecular weight is 173 g/mol. The van der Waals surface area contributed by atoms with Crippen molar-refractivity contribution in [3.63, 3.8) is 0 Å². The van der Waals surface area contributed by atoms with Gasteiger partial charge in [0, 0.05) is 19.6 Å². The summed E-state index contributed by atoms with van der Waals surface area (Å²) >= 11 is 4.99. The van der Waals surface area contributed by atoms with Crippen molar-refractivity contribution in [1.82, 2.24) is 15.5 Å². The van der Waals surface area contributed by atoms with Crippen molar-refractivity contribution in [2.45, 2.75) is 12.5 Å². The lowest BCUT2D eigenvalue weighted by Crippen LogP contribution is -2.41. The topological polar surface area (TPSA) is 27.3 Å². The third-order valence-corrected chi connectivity index (χ3v) is 2.28. The predicted octanol–water partition coefficient (Wildman–Crippen LogP) is -0.216. The molecular formula is C7H15N3S. The minimum absolute atomic E-state index is 0.542. The maximum absolute atomic E-state index is 4.99. The predicted molar refractivity (Wildman–Crippen MR) is 50.7 cm³/mol. The lowest BCUT2D eigenvalue weighted by atomic mass is 10.3. The average Bonchev–Trinajstić information content (AvgIpc) is 2.35. The Labute approximate surface area is 73.1 Å². The Morgan fingerprint density at radius 3 is 2.82 bits per heavy atom. The highest BCUT2D eigenvalue weighted by Crippen LogP contribution is 2.05. The zero-order valence-corrected chi connectivity index (χ0v) is 7.87. The van der Waals surface area contributed by atoms with Crippen LogP contribution in [0.2, 0.25) is 0 Å². The number of nitrogens with zero attached hydrogens (tertiary/aromatic N) is 1. The Balaban J connectivity index is 2.23. The fourth-order valence-corrected chi connectivity index (χ4v) is 1.48. The molecule has 3 nitrogen and oxygen atoms in total. The fraction of sp³-hybridized carbons (Fsp3) is 0.857. The highest BCUT2D eigenvalue weighted by molar-refractivity contribution is 7.80. The number of likely N-dealkylation sites (N-methyl/N-ethyl adjacent to an activating group) is 1. The van der Waals surface area contributed by atoms with E-state index in [0.717, 1.165) is 11.7 Å². The van der Waals surface area contributed by atoms with Gasteiger partial charge >= 0.3 is 0 Å². The molecule has 0 aromatic carbocycles. The zero-order valence-electron chi connectivity index (χ0n) is 7.05. The Morgan fingerprint density at radius 2 is 2.36 bits per heavy atom. The number of rotatable bonds is 1. The third kappa shape index (κ3) is 2.63. The quantitative estimate of drug-likeness (QED) is 0.536. The minimum atomic E-state index is 0.542. The monoisotopic (exact) mass is 173 g/mol. The van der Waals surface area contributed by atoms with Crippen LogP contribution in [0.1, 0.15) is 6.42 Å². The van der Waals surface area contributed by atoms with Crippen LogP contribution in [0.3, 0.4) is 0 Å². The molecule has 1 saturated heterocycles. The van der Waals surface area contributed by atoms with Crippen LogP contribution >= 0.6 is 12.2 Å². The molecule has 1 unspecified atom stereocenters. The summed E-state index contributed by atoms with van der Waals surface area (Å²) in [5, 5.41) is 6.90. The van der Waals surface area contributed by atoms with Gasteiger partial charge in [-0.3, -0.25) is 0 Å². The van der Waals surface area contributed by atoms with Crippen molar-refractivity contribution < 1.29 is 0 Å². The van der Waals surface area contributed by atoms with Gasteiger partial charge in [-0.05, 0) is 32.2 Å². The van der Waals surface area contributed by atoms with Crippen molar-refractivity contribution in [3.05, 3.63) is 0 Å². The van der Waals surface area contributed by atoms with Crippen LogP contribution in [0.4, 0.5) is 0 Å². The van der Waals surface area contributed by atoms with Crippen LogP contribution in [0.5, 0.6) is 0 Å². The molecule has 0 aliphatic carbocycles. The smallest absolute Gasteiger partial charge is 0.166 e. The lowest BCUT2D eigenvalue weighted by molar-refractivity contribution is 0.407. The van der Waals surface area contributed by atoms with Gasteiger partial charge in [-0.1, -0.05) is 0 Å². The van der Waals surface area contributed by atoms with E-state index in [1.165, 1.54) is 13.0 Å². The molecule has 0 radical (unpaired) electrons. The molecule has 4 heteroatoms. The molecule has 1 atom stereocenters. The highest BCUT2D eigenvalue weighted by atomic mass is 32.1. The summed E-state index contributed by atoms with van der Waals surface area (Å²) in [6.07, 6.45) is 1.19. The second-order valence-electron chi connectivity index (χ2n) is 2.97. The number of hydrogen-bond acceptors (Lipinski definition) is 2. The van der Waals surface area contributed by atoms with Gasteiger partial charge < -0.3 is 15.5 Å². The number of nitrogens with one attached hydrogen (secondary N) is 2. The van der Waals surface area contributed by atoms with Gasteiger partial charge in [0.15, 0.2) is 5.11 Å². The van der Waals surface area contributed by atoms with Gasteiger partial charge in [-0.25, -0.2) is 0 Å². The molecule has 2 N–H and O–H groups in total. The number of hydrogen-bond donors (Lipinski definition) is 2. The molecule has 1 rings (SSSR count). The molecule has 1 aliphatic rings. The Morgan fingerprint density at radius 1 is 1.64 bits per heavy atom. The molecule has 1 aliphatic heterocycles. The molecule has 0 amide bonds. The summed E-state index contributed by atoms with van der Waals surface area (Å²) in [6, 6.07) is 0.542. The van der Waals surface area contributed by atoms with Gasteiger partial charge in [0.25, 0.3) is 0 Å². The fourth-order valence-electron chi connectivity index (χ4n) is 1.31. The van der Waals surface area contributed by atoms with Crippen molar-refractivity contribution in [2.75, 3.05) is 27.2 Å². The van der Waals surface area contributed by atoms with E-state index in [0.29, 0.717) is 6.04 Å². The molecule has 0 saturated carbocycles. The summed E-state index contributed by atoms with van der Waals surface area (Å²) in [5.74, 6) is 0. The summed E-state index contributed by atoms with van der Waals surface area (Å²) in [6.45, 7) is 2.27. The van der Waals surface area contributed by atoms with Crippen molar-refractivity contribution in [3.8, 4) is 0 Å². The SMILES string of the molecule is CNC(=S)NC1CCN(C)C1. The molecular weight excluding hydrogens is 158 g/mol. The maximum Gasteiger partial charge on any atom is 0.166 e. The molecule has 11 heavy (non-hydrogen) atoms. The summed E-state index contributed by atoms with van der Waals surface area (Å²) in [7, 11) is 3.97. The van der Waals surface area contributed by atoms with Crippen LogP contribution in [-0.2, 0) is 0 Å². The van der Waals surface area contributed by atoms with Crippen molar-refractivity contribution in [2.24, 2.45) is 0 Å². The first-order valence-corrected chi connectivity index (χ1v) is 4.30. The van der Waals surface area contributed by atoms with Gasteiger partial charge in [-0.15, -0.1) is 0 Å². The molecule has 0 aromatic heterocycles. The maximum atomic E-state index is 4.99. The summed E-state index contributed by atoms with van der Waals surface area (Å²) in [5.41, 5.74) is 0. The second-order valence-corrected chi connectivity index (χ2v) is 3.38. The summed E-state index contributed by atoms with van der Waals surface area (Å²) in [4.78, 5) is 2.30. The van der Waals surface area contributed by atoms with Gasteiger partial charge in [0.05, 0.1) is 0 Å². The van der Waals surface area contributed by atoms with E-state index < -0.39 is 0 Å². The van der Waals surface area contributed by atoms with Crippen molar-refractivity contribution >= 4 is 17.3 Å². The van der Waals surface area contributed by atoms with Crippen LogP contribution in [-0.4, -0.2) is 43.2 Å². The summed E-state index contributed by atoms with van der Waals surface area (Å²) < 4.78 is 0. The van der Waals surface area contributed by atoms with Gasteiger partial charge in [0.2, 0.25) is 0 Å². The molecule has 0 bridgehead atoms. The van der Waals surface area contributed by atoms with E-state index in [4.69, 9.17) is 12.2 Å². The standard InChI is InChI=1S/C7H15N3S/c1-8-7(11)9-6-3-4-10(2)5-6/h6H,3-5H2,1-2H3,(H2,8,9,11). The van der Waals surface area contributed by atoms with Crippen LogP contribution in [0.25, 0.3) is 0 Å². The van der Waals surface area contributed by atoms with Gasteiger partial charge in [-0.2, -0.15) is 0 Å². The van der Waals surface area contributed by atoms with E-state index in [-0.39, 0.29) is 0 Å². The first-order chi connectivity index (χ1) is 5.22.